The molecule has 18 heavy (non-hydrogen) atoms. The highest BCUT2D eigenvalue weighted by Gasteiger charge is 2.25. The van der Waals surface area contributed by atoms with Crippen LogP contribution in [0.3, 0.4) is 0 Å². The molecule has 1 saturated carbocycles. The molecule has 1 fully saturated rings. The molecule has 2 aliphatic carbocycles. The summed E-state index contributed by atoms with van der Waals surface area (Å²) in [4.78, 5) is 3.08. The summed E-state index contributed by atoms with van der Waals surface area (Å²) in [6, 6.07) is 0. The minimum Gasteiger partial charge on any atom is -0.385 e. The normalized spacial score (nSPS) is 22.7. The van der Waals surface area contributed by atoms with E-state index in [1.54, 1.807) is 10.4 Å². The van der Waals surface area contributed by atoms with Crippen molar-refractivity contribution in [1.82, 2.24) is 5.32 Å². The number of hydrogen-bond acceptors (Lipinski definition) is 2. The maximum absolute atomic E-state index is 4.29. The first-order valence-electron chi connectivity index (χ1n) is 7.19. The van der Waals surface area contributed by atoms with Crippen LogP contribution >= 0.6 is 11.3 Å². The summed E-state index contributed by atoms with van der Waals surface area (Å²) in [6.07, 6.45) is 6.68. The van der Waals surface area contributed by atoms with Gasteiger partial charge in [0.2, 0.25) is 0 Å². The standard InChI is InChI=1S/C16H23NS/c1-10-4-7-15-14(8-10)16(12(3)18-15)11(2)17-9-13-5-6-13/h10,13,17H,2,4-9H2,1,3H3. The molecule has 2 aliphatic rings. The van der Waals surface area contributed by atoms with E-state index in [0.717, 1.165) is 18.4 Å². The number of hydrogen-bond donors (Lipinski definition) is 1. The van der Waals surface area contributed by atoms with Crippen LogP contribution in [0, 0.1) is 18.8 Å². The fourth-order valence-corrected chi connectivity index (χ4v) is 4.21. The number of rotatable bonds is 4. The Bertz CT molecular complexity index is 468. The molecule has 1 heterocycles. The van der Waals surface area contributed by atoms with Crippen LogP contribution in [0.4, 0.5) is 0 Å². The van der Waals surface area contributed by atoms with Gasteiger partial charge in [0.05, 0.1) is 0 Å². The van der Waals surface area contributed by atoms with Crippen molar-refractivity contribution in [2.24, 2.45) is 11.8 Å². The van der Waals surface area contributed by atoms with Crippen molar-refractivity contribution in [1.29, 1.82) is 0 Å². The predicted octanol–water partition coefficient (Wildman–Crippen LogP) is 4.15. The quantitative estimate of drug-likeness (QED) is 0.858. The van der Waals surface area contributed by atoms with Crippen LogP contribution in [-0.2, 0) is 12.8 Å². The molecule has 1 N–H and O–H groups in total. The third-order valence-corrected chi connectivity index (χ3v) is 5.49. The Balaban J connectivity index is 1.81. The van der Waals surface area contributed by atoms with Gasteiger partial charge in [0, 0.05) is 27.6 Å². The van der Waals surface area contributed by atoms with Gasteiger partial charge in [-0.05, 0) is 56.4 Å². The van der Waals surface area contributed by atoms with Gasteiger partial charge in [0.1, 0.15) is 0 Å². The first-order valence-corrected chi connectivity index (χ1v) is 8.01. The Morgan fingerprint density at radius 2 is 2.17 bits per heavy atom. The van der Waals surface area contributed by atoms with E-state index in [1.807, 2.05) is 11.3 Å². The largest absolute Gasteiger partial charge is 0.385 e. The van der Waals surface area contributed by atoms with Crippen molar-refractivity contribution in [2.75, 3.05) is 6.54 Å². The second-order valence-corrected chi connectivity index (χ2v) is 7.40. The topological polar surface area (TPSA) is 12.0 Å². The molecule has 0 bridgehead atoms. The Kier molecular flexibility index (Phi) is 3.23. The van der Waals surface area contributed by atoms with E-state index in [4.69, 9.17) is 0 Å². The lowest BCUT2D eigenvalue weighted by atomic mass is 9.87. The van der Waals surface area contributed by atoms with Gasteiger partial charge in [-0.2, -0.15) is 0 Å². The van der Waals surface area contributed by atoms with Crippen LogP contribution in [0.5, 0.6) is 0 Å². The zero-order valence-electron chi connectivity index (χ0n) is 11.5. The summed E-state index contributed by atoms with van der Waals surface area (Å²) in [7, 11) is 0. The fraction of sp³-hybridized carbons (Fsp3) is 0.625. The summed E-state index contributed by atoms with van der Waals surface area (Å²) >= 11 is 2.00. The van der Waals surface area contributed by atoms with Gasteiger partial charge in [-0.25, -0.2) is 0 Å². The van der Waals surface area contributed by atoms with E-state index >= 15 is 0 Å². The van der Waals surface area contributed by atoms with E-state index in [0.29, 0.717) is 0 Å². The minimum absolute atomic E-state index is 0.835. The van der Waals surface area contributed by atoms with Gasteiger partial charge < -0.3 is 5.32 Å². The molecule has 1 aromatic heterocycles. The maximum atomic E-state index is 4.29. The van der Waals surface area contributed by atoms with Crippen molar-refractivity contribution >= 4 is 17.0 Å². The Morgan fingerprint density at radius 1 is 1.39 bits per heavy atom. The van der Waals surface area contributed by atoms with E-state index in [-0.39, 0.29) is 0 Å². The van der Waals surface area contributed by atoms with Crippen LogP contribution in [0.15, 0.2) is 6.58 Å². The van der Waals surface area contributed by atoms with Gasteiger partial charge in [-0.1, -0.05) is 13.5 Å². The molecule has 0 aromatic carbocycles. The summed E-state index contributed by atoms with van der Waals surface area (Å²) in [5, 5.41) is 3.56. The molecule has 1 unspecified atom stereocenters. The van der Waals surface area contributed by atoms with Gasteiger partial charge in [0.15, 0.2) is 0 Å². The zero-order valence-corrected chi connectivity index (χ0v) is 12.3. The first-order chi connectivity index (χ1) is 8.65. The van der Waals surface area contributed by atoms with Gasteiger partial charge in [0.25, 0.3) is 0 Å². The number of aryl methyl sites for hydroxylation is 2. The number of fused-ring (bicyclic) bond motifs is 1. The summed E-state index contributed by atoms with van der Waals surface area (Å²) in [5.74, 6) is 1.75. The van der Waals surface area contributed by atoms with E-state index in [9.17, 15) is 0 Å². The smallest absolute Gasteiger partial charge is 0.0354 e. The van der Waals surface area contributed by atoms with Crippen molar-refractivity contribution in [3.05, 3.63) is 27.5 Å². The molecule has 0 amide bonds. The summed E-state index contributed by atoms with van der Waals surface area (Å²) < 4.78 is 0. The second kappa shape index (κ2) is 4.73. The third-order valence-electron chi connectivity index (χ3n) is 4.29. The highest BCUT2D eigenvalue weighted by molar-refractivity contribution is 7.12. The fourth-order valence-electron chi connectivity index (χ4n) is 2.97. The van der Waals surface area contributed by atoms with Crippen LogP contribution in [0.2, 0.25) is 0 Å². The van der Waals surface area contributed by atoms with Crippen molar-refractivity contribution < 1.29 is 0 Å². The number of nitrogens with one attached hydrogen (secondary N) is 1. The molecule has 1 aromatic rings. The first kappa shape index (κ1) is 12.3. The molecule has 2 heteroatoms. The predicted molar refractivity (Wildman–Crippen MR) is 80.0 cm³/mol. The zero-order chi connectivity index (χ0) is 12.7. The van der Waals surface area contributed by atoms with Crippen LogP contribution in [-0.4, -0.2) is 6.54 Å². The highest BCUT2D eigenvalue weighted by Crippen LogP contribution is 2.38. The van der Waals surface area contributed by atoms with E-state index in [2.05, 4.69) is 25.7 Å². The molecule has 0 radical (unpaired) electrons. The van der Waals surface area contributed by atoms with Crippen molar-refractivity contribution in [3.8, 4) is 0 Å². The molecular weight excluding hydrogens is 238 g/mol. The third kappa shape index (κ3) is 2.35. The second-order valence-electron chi connectivity index (χ2n) is 6.09. The highest BCUT2D eigenvalue weighted by atomic mass is 32.1. The molecule has 0 spiro atoms. The average molecular weight is 261 g/mol. The Hall–Kier alpha value is -0.760. The molecule has 0 saturated heterocycles. The lowest BCUT2D eigenvalue weighted by molar-refractivity contribution is 0.505. The van der Waals surface area contributed by atoms with Gasteiger partial charge >= 0.3 is 0 Å². The molecule has 98 valence electrons. The van der Waals surface area contributed by atoms with Crippen molar-refractivity contribution in [2.45, 2.75) is 46.0 Å². The molecule has 1 nitrogen and oxygen atoms in total. The Labute approximate surface area is 114 Å². The van der Waals surface area contributed by atoms with Crippen LogP contribution in [0.1, 0.15) is 47.1 Å². The van der Waals surface area contributed by atoms with Crippen molar-refractivity contribution in [3.63, 3.8) is 0 Å². The average Bonchev–Trinajstić information content (AvgIpc) is 3.09. The number of thiophene rings is 1. The van der Waals surface area contributed by atoms with E-state index in [1.165, 1.54) is 48.2 Å². The SMILES string of the molecule is C=C(NCC1CC1)c1c(C)sc2c1CC(C)CC2. The Morgan fingerprint density at radius 3 is 2.89 bits per heavy atom. The summed E-state index contributed by atoms with van der Waals surface area (Å²) in [6.45, 7) is 10.0. The molecule has 0 aliphatic heterocycles. The molecule has 1 atom stereocenters. The molecular formula is C16H23NS. The minimum atomic E-state index is 0.835. The lowest BCUT2D eigenvalue weighted by Crippen LogP contribution is -2.17. The maximum Gasteiger partial charge on any atom is 0.0354 e. The van der Waals surface area contributed by atoms with Gasteiger partial charge in [-0.15, -0.1) is 11.3 Å². The lowest BCUT2D eigenvalue weighted by Gasteiger charge is -2.20. The van der Waals surface area contributed by atoms with Crippen LogP contribution < -0.4 is 5.32 Å². The van der Waals surface area contributed by atoms with Crippen LogP contribution in [0.25, 0.3) is 5.70 Å². The van der Waals surface area contributed by atoms with Gasteiger partial charge in [-0.3, -0.25) is 0 Å². The van der Waals surface area contributed by atoms with E-state index < -0.39 is 0 Å². The monoisotopic (exact) mass is 261 g/mol. The molecule has 3 rings (SSSR count). The summed E-state index contributed by atoms with van der Waals surface area (Å²) in [5.41, 5.74) is 4.22.